The highest BCUT2D eigenvalue weighted by molar-refractivity contribution is 5.03. The molecular weight excluding hydrogens is 234 g/mol. The van der Waals surface area contributed by atoms with Crippen LogP contribution in [0.2, 0.25) is 0 Å². The van der Waals surface area contributed by atoms with Gasteiger partial charge in [-0.15, -0.1) is 0 Å². The van der Waals surface area contributed by atoms with Gasteiger partial charge in [-0.25, -0.2) is 0 Å². The van der Waals surface area contributed by atoms with Gasteiger partial charge in [-0.2, -0.15) is 0 Å². The van der Waals surface area contributed by atoms with Crippen LogP contribution in [0.15, 0.2) is 0 Å². The van der Waals surface area contributed by atoms with Gasteiger partial charge in [0.1, 0.15) is 0 Å². The van der Waals surface area contributed by atoms with E-state index in [2.05, 4.69) is 16.8 Å². The summed E-state index contributed by atoms with van der Waals surface area (Å²) in [6.45, 7) is 0. The highest BCUT2D eigenvalue weighted by Crippen LogP contribution is 2.42. The second-order valence-electron chi connectivity index (χ2n) is 7.59. The van der Waals surface area contributed by atoms with Crippen molar-refractivity contribution in [1.29, 1.82) is 0 Å². The minimum absolute atomic E-state index is 0.486. The van der Waals surface area contributed by atoms with Crippen LogP contribution < -0.4 is 5.73 Å². The lowest BCUT2D eigenvalue weighted by atomic mass is 9.80. The summed E-state index contributed by atoms with van der Waals surface area (Å²) < 4.78 is 0. The maximum Gasteiger partial charge on any atom is 0.0131 e. The quantitative estimate of drug-likeness (QED) is 0.785. The summed E-state index contributed by atoms with van der Waals surface area (Å²) in [5, 5.41) is 0. The van der Waals surface area contributed by atoms with Crippen molar-refractivity contribution in [2.45, 2.75) is 94.0 Å². The number of piperidine rings is 3. The fraction of sp³-hybridized carbons (Fsp3) is 1.00. The van der Waals surface area contributed by atoms with E-state index >= 15 is 0 Å². The molecule has 0 spiro atoms. The molecule has 4 atom stereocenters. The molecular formula is C16H29N3. The average molecular weight is 263 g/mol. The molecule has 2 N–H and O–H groups in total. The Morgan fingerprint density at radius 3 is 1.89 bits per heavy atom. The van der Waals surface area contributed by atoms with Crippen LogP contribution in [0, 0.1) is 0 Å². The molecule has 4 saturated heterocycles. The van der Waals surface area contributed by atoms with Crippen LogP contribution in [0.3, 0.4) is 0 Å². The number of fused-ring (bicyclic) bond motifs is 4. The molecule has 19 heavy (non-hydrogen) atoms. The summed E-state index contributed by atoms with van der Waals surface area (Å²) in [6.07, 6.45) is 12.5. The molecule has 4 bridgehead atoms. The van der Waals surface area contributed by atoms with Crippen molar-refractivity contribution in [1.82, 2.24) is 9.80 Å². The molecule has 0 aromatic heterocycles. The third-order valence-corrected chi connectivity index (χ3v) is 6.56. The SMILES string of the molecule is CN1C2CCCC1CC(N1C3CCC1CC(N)C3)C2. The van der Waals surface area contributed by atoms with Crippen LogP contribution in [-0.2, 0) is 0 Å². The molecule has 3 nitrogen and oxygen atoms in total. The van der Waals surface area contributed by atoms with E-state index in [0.717, 1.165) is 30.2 Å². The number of hydrogen-bond donors (Lipinski definition) is 1. The number of rotatable bonds is 1. The Kier molecular flexibility index (Phi) is 3.13. The van der Waals surface area contributed by atoms with Crippen molar-refractivity contribution in [3.05, 3.63) is 0 Å². The monoisotopic (exact) mass is 263 g/mol. The number of hydrogen-bond acceptors (Lipinski definition) is 3. The largest absolute Gasteiger partial charge is 0.328 e. The van der Waals surface area contributed by atoms with Crippen molar-refractivity contribution < 1.29 is 0 Å². The molecule has 4 heterocycles. The van der Waals surface area contributed by atoms with E-state index in [1.807, 2.05) is 0 Å². The van der Waals surface area contributed by atoms with Crippen LogP contribution in [0.1, 0.15) is 57.8 Å². The summed E-state index contributed by atoms with van der Waals surface area (Å²) in [5.74, 6) is 0. The van der Waals surface area contributed by atoms with E-state index in [4.69, 9.17) is 5.73 Å². The maximum absolute atomic E-state index is 6.23. The standard InChI is InChI=1S/C16H29N3/c1-18-12-3-2-4-13(18)10-16(9-12)19-14-5-6-15(19)8-11(17)7-14/h11-16H,2-10,17H2,1H3. The maximum atomic E-state index is 6.23. The van der Waals surface area contributed by atoms with Gasteiger partial charge in [0.25, 0.3) is 0 Å². The fourth-order valence-corrected chi connectivity index (χ4v) is 5.68. The topological polar surface area (TPSA) is 32.5 Å². The molecule has 4 fully saturated rings. The van der Waals surface area contributed by atoms with Crippen molar-refractivity contribution in [3.63, 3.8) is 0 Å². The van der Waals surface area contributed by atoms with Gasteiger partial charge >= 0.3 is 0 Å². The molecule has 0 radical (unpaired) electrons. The molecule has 0 aromatic rings. The Balaban J connectivity index is 1.51. The molecule has 0 amide bonds. The second kappa shape index (κ2) is 4.71. The lowest BCUT2D eigenvalue weighted by molar-refractivity contribution is -0.0212. The molecule has 4 unspecified atom stereocenters. The van der Waals surface area contributed by atoms with Gasteiger partial charge in [-0.05, 0) is 58.4 Å². The molecule has 0 aliphatic carbocycles. The van der Waals surface area contributed by atoms with Crippen LogP contribution in [-0.4, -0.2) is 53.1 Å². The smallest absolute Gasteiger partial charge is 0.0131 e. The zero-order valence-corrected chi connectivity index (χ0v) is 12.3. The van der Waals surface area contributed by atoms with E-state index < -0.39 is 0 Å². The Morgan fingerprint density at radius 1 is 0.737 bits per heavy atom. The molecule has 0 saturated carbocycles. The lowest BCUT2D eigenvalue weighted by Gasteiger charge is -2.52. The Hall–Kier alpha value is -0.120. The van der Waals surface area contributed by atoms with Gasteiger partial charge in [0.2, 0.25) is 0 Å². The third-order valence-electron chi connectivity index (χ3n) is 6.56. The third kappa shape index (κ3) is 2.05. The zero-order valence-electron chi connectivity index (χ0n) is 12.3. The number of nitrogens with two attached hydrogens (primary N) is 1. The Morgan fingerprint density at radius 2 is 1.32 bits per heavy atom. The molecule has 108 valence electrons. The Bertz CT molecular complexity index is 317. The molecule has 4 aliphatic heterocycles. The molecule has 4 aliphatic rings. The van der Waals surface area contributed by atoms with Gasteiger partial charge in [0.15, 0.2) is 0 Å². The van der Waals surface area contributed by atoms with Crippen LogP contribution in [0.4, 0.5) is 0 Å². The summed E-state index contributed by atoms with van der Waals surface area (Å²) in [5.41, 5.74) is 6.23. The summed E-state index contributed by atoms with van der Waals surface area (Å²) in [4.78, 5) is 5.62. The first kappa shape index (κ1) is 12.6. The van der Waals surface area contributed by atoms with Gasteiger partial charge < -0.3 is 10.6 Å². The minimum atomic E-state index is 0.486. The van der Waals surface area contributed by atoms with E-state index in [0.29, 0.717) is 6.04 Å². The Labute approximate surface area is 117 Å². The van der Waals surface area contributed by atoms with Crippen LogP contribution >= 0.6 is 0 Å². The average Bonchev–Trinajstić information content (AvgIpc) is 2.62. The van der Waals surface area contributed by atoms with Crippen molar-refractivity contribution in [3.8, 4) is 0 Å². The minimum Gasteiger partial charge on any atom is -0.328 e. The molecule has 0 aromatic carbocycles. The fourth-order valence-electron chi connectivity index (χ4n) is 5.68. The van der Waals surface area contributed by atoms with Gasteiger partial charge in [-0.3, -0.25) is 4.90 Å². The first-order valence-corrected chi connectivity index (χ1v) is 8.47. The van der Waals surface area contributed by atoms with E-state index in [-0.39, 0.29) is 0 Å². The summed E-state index contributed by atoms with van der Waals surface area (Å²) in [7, 11) is 2.37. The molecule has 4 rings (SSSR count). The highest BCUT2D eigenvalue weighted by atomic mass is 15.3. The zero-order chi connectivity index (χ0) is 13.0. The number of nitrogens with zero attached hydrogens (tertiary/aromatic N) is 2. The first-order chi connectivity index (χ1) is 9.22. The van der Waals surface area contributed by atoms with Crippen LogP contribution in [0.25, 0.3) is 0 Å². The second-order valence-corrected chi connectivity index (χ2v) is 7.59. The van der Waals surface area contributed by atoms with Crippen molar-refractivity contribution in [2.75, 3.05) is 7.05 Å². The van der Waals surface area contributed by atoms with Crippen LogP contribution in [0.5, 0.6) is 0 Å². The first-order valence-electron chi connectivity index (χ1n) is 8.47. The highest BCUT2D eigenvalue weighted by Gasteiger charge is 2.46. The van der Waals surface area contributed by atoms with E-state index in [1.54, 1.807) is 0 Å². The van der Waals surface area contributed by atoms with Crippen molar-refractivity contribution in [2.24, 2.45) is 5.73 Å². The summed E-state index contributed by atoms with van der Waals surface area (Å²) in [6, 6.07) is 4.74. The van der Waals surface area contributed by atoms with Gasteiger partial charge in [0, 0.05) is 36.3 Å². The predicted octanol–water partition coefficient (Wildman–Crippen LogP) is 1.96. The summed E-state index contributed by atoms with van der Waals surface area (Å²) >= 11 is 0. The van der Waals surface area contributed by atoms with Crippen molar-refractivity contribution >= 4 is 0 Å². The lowest BCUT2D eigenvalue weighted by Crippen LogP contribution is -2.59. The van der Waals surface area contributed by atoms with Gasteiger partial charge in [-0.1, -0.05) is 6.42 Å². The van der Waals surface area contributed by atoms with Gasteiger partial charge in [0.05, 0.1) is 0 Å². The van der Waals surface area contributed by atoms with E-state index in [9.17, 15) is 0 Å². The normalized spacial score (nSPS) is 51.5. The van der Waals surface area contributed by atoms with E-state index in [1.165, 1.54) is 57.8 Å². The predicted molar refractivity (Wildman–Crippen MR) is 78.1 cm³/mol. The molecule has 3 heteroatoms.